The van der Waals surface area contributed by atoms with Gasteiger partial charge in [-0.25, -0.2) is 9.59 Å². The Kier molecular flexibility index (Phi) is 11.4. The molecule has 8 nitrogen and oxygen atoms in total. The van der Waals surface area contributed by atoms with E-state index in [1.165, 1.54) is 0 Å². The van der Waals surface area contributed by atoms with Gasteiger partial charge in [0.2, 0.25) is 0 Å². The molecule has 0 radical (unpaired) electrons. The van der Waals surface area contributed by atoms with Crippen molar-refractivity contribution >= 4 is 47.9 Å². The maximum Gasteiger partial charge on any atom is 0.325 e. The average molecular weight is 473 g/mol. The molecule has 2 unspecified atom stereocenters. The lowest BCUT2D eigenvalue weighted by Gasteiger charge is -2.32. The molecule has 1 rings (SSSR count). The Bertz CT molecular complexity index is 555. The Labute approximate surface area is 176 Å². The normalized spacial score (nSPS) is 20.3. The van der Waals surface area contributed by atoms with Crippen LogP contribution in [0.2, 0.25) is 0 Å². The molecule has 12 heteroatoms. The van der Waals surface area contributed by atoms with Gasteiger partial charge in [0.1, 0.15) is 0 Å². The zero-order valence-electron chi connectivity index (χ0n) is 17.2. The zero-order valence-corrected chi connectivity index (χ0v) is 20.6. The second kappa shape index (κ2) is 12.4. The summed E-state index contributed by atoms with van der Waals surface area (Å²) in [6, 6.07) is -1.17. The molecule has 28 heavy (non-hydrogen) atoms. The summed E-state index contributed by atoms with van der Waals surface area (Å²) in [7, 11) is 0. The molecule has 0 spiro atoms. The van der Waals surface area contributed by atoms with E-state index in [-0.39, 0.29) is 24.1 Å². The highest BCUT2D eigenvalue weighted by molar-refractivity contribution is 8.57. The summed E-state index contributed by atoms with van der Waals surface area (Å²) in [5.74, 6) is 0. The van der Waals surface area contributed by atoms with Gasteiger partial charge in [-0.3, -0.25) is 9.44 Å². The average Bonchev–Trinajstić information content (AvgIpc) is 2.71. The molecular formula is C16H34N4O4P2S2. The van der Waals surface area contributed by atoms with Crippen molar-refractivity contribution in [1.82, 2.24) is 20.1 Å². The largest absolute Gasteiger partial charge is 0.333 e. The van der Waals surface area contributed by atoms with E-state index in [9.17, 15) is 18.7 Å². The summed E-state index contributed by atoms with van der Waals surface area (Å²) < 4.78 is 30.1. The highest BCUT2D eigenvalue weighted by Gasteiger charge is 2.29. The Morgan fingerprint density at radius 3 is 1.36 bits per heavy atom. The molecule has 1 saturated carbocycles. The zero-order chi connectivity index (χ0) is 21.2. The molecule has 4 amide bonds. The molecule has 0 aliphatic heterocycles. The lowest BCUT2D eigenvalue weighted by molar-refractivity contribution is 0.219. The molecule has 0 aromatic carbocycles. The van der Waals surface area contributed by atoms with Crippen molar-refractivity contribution in [2.75, 3.05) is 24.6 Å². The van der Waals surface area contributed by atoms with Crippen LogP contribution in [-0.2, 0) is 9.13 Å². The van der Waals surface area contributed by atoms with Crippen LogP contribution in [0.25, 0.3) is 0 Å². The van der Waals surface area contributed by atoms with Crippen LogP contribution in [0.1, 0.15) is 53.4 Å². The van der Waals surface area contributed by atoms with Gasteiger partial charge in [0.15, 0.2) is 12.7 Å². The summed E-state index contributed by atoms with van der Waals surface area (Å²) >= 11 is 2.02. The van der Waals surface area contributed by atoms with E-state index in [1.807, 2.05) is 27.7 Å². The Morgan fingerprint density at radius 2 is 1.07 bits per heavy atom. The third kappa shape index (κ3) is 8.60. The van der Waals surface area contributed by atoms with Crippen LogP contribution in [0.15, 0.2) is 0 Å². The third-order valence-electron chi connectivity index (χ3n) is 4.94. The highest BCUT2D eigenvalue weighted by atomic mass is 32.7. The molecule has 0 heterocycles. The minimum absolute atomic E-state index is 0.197. The lowest BCUT2D eigenvalue weighted by atomic mass is 9.90. The number of nitrogens with one attached hydrogen (secondary N) is 4. The topological polar surface area (TPSA) is 116 Å². The van der Waals surface area contributed by atoms with E-state index >= 15 is 0 Å². The third-order valence-corrected chi connectivity index (χ3v) is 15.7. The molecular weight excluding hydrogens is 438 g/mol. The number of carbonyl (C=O) groups excluding carboxylic acids is 2. The molecule has 0 aromatic rings. The van der Waals surface area contributed by atoms with Gasteiger partial charge in [-0.05, 0) is 12.8 Å². The number of urea groups is 2. The number of amides is 4. The predicted octanol–water partition coefficient (Wildman–Crippen LogP) is 4.83. The van der Waals surface area contributed by atoms with Gasteiger partial charge in [-0.2, -0.15) is 0 Å². The first-order valence-electron chi connectivity index (χ1n) is 9.87. The minimum Gasteiger partial charge on any atom is -0.333 e. The highest BCUT2D eigenvalue weighted by Crippen LogP contribution is 2.56. The van der Waals surface area contributed by atoms with E-state index in [1.54, 1.807) is 0 Å². The molecule has 0 bridgehead atoms. The number of hydrogen-bond acceptors (Lipinski definition) is 6. The van der Waals surface area contributed by atoms with Crippen molar-refractivity contribution in [1.29, 1.82) is 0 Å². The minimum atomic E-state index is -2.42. The standard InChI is InChI=1S/C16H34N4O4P2S2/c1-5-25(23,6-2)27-19-15(21)17-13-11-9-10-12-14(13)18-16(22)20-28-26(24,7-3)8-4/h13-14H,5-12H2,1-4H3,(H2,17,19,21)(H2,18,20,22). The van der Waals surface area contributed by atoms with Gasteiger partial charge < -0.3 is 19.8 Å². The molecule has 1 aliphatic rings. The molecule has 1 aliphatic carbocycles. The molecule has 0 saturated heterocycles. The fraction of sp³-hybridized carbons (Fsp3) is 0.875. The summed E-state index contributed by atoms with van der Waals surface area (Å²) in [5, 5.41) is 5.79. The smallest absolute Gasteiger partial charge is 0.325 e. The fourth-order valence-corrected chi connectivity index (χ4v) is 7.90. The summed E-state index contributed by atoms with van der Waals surface area (Å²) in [6.45, 7) is 7.41. The van der Waals surface area contributed by atoms with Crippen LogP contribution >= 0.6 is 35.8 Å². The lowest BCUT2D eigenvalue weighted by Crippen LogP contribution is -2.55. The van der Waals surface area contributed by atoms with E-state index in [0.29, 0.717) is 24.6 Å². The van der Waals surface area contributed by atoms with Crippen LogP contribution < -0.4 is 20.1 Å². The van der Waals surface area contributed by atoms with Crippen LogP contribution in [0.3, 0.4) is 0 Å². The second-order valence-corrected chi connectivity index (χ2v) is 18.4. The SMILES string of the molecule is CCP(=O)(CC)SNC(=O)NC1CCCCC1NC(=O)NSP(=O)(CC)CC. The Balaban J connectivity index is 2.54. The first kappa shape index (κ1) is 25.7. The van der Waals surface area contributed by atoms with Crippen LogP contribution in [0, 0.1) is 0 Å². The van der Waals surface area contributed by atoms with Gasteiger partial charge in [-0.1, -0.05) is 40.5 Å². The van der Waals surface area contributed by atoms with Crippen LogP contribution in [0.4, 0.5) is 9.59 Å². The second-order valence-electron chi connectivity index (χ2n) is 6.73. The molecule has 1 fully saturated rings. The Morgan fingerprint density at radius 1 is 0.750 bits per heavy atom. The van der Waals surface area contributed by atoms with Gasteiger partial charge in [0.05, 0.1) is 12.1 Å². The van der Waals surface area contributed by atoms with E-state index in [0.717, 1.165) is 48.8 Å². The molecule has 0 aromatic heterocycles. The van der Waals surface area contributed by atoms with Gasteiger partial charge in [0.25, 0.3) is 0 Å². The van der Waals surface area contributed by atoms with Gasteiger partial charge in [-0.15, -0.1) is 0 Å². The maximum atomic E-state index is 12.4. The Hall–Kier alpha value is -0.300. The number of rotatable bonds is 10. The van der Waals surface area contributed by atoms with Crippen LogP contribution in [-0.4, -0.2) is 48.8 Å². The summed E-state index contributed by atoms with van der Waals surface area (Å²) in [5.41, 5.74) is 0. The summed E-state index contributed by atoms with van der Waals surface area (Å²) in [4.78, 5) is 24.4. The number of hydrogen-bond donors (Lipinski definition) is 4. The monoisotopic (exact) mass is 472 g/mol. The van der Waals surface area contributed by atoms with E-state index < -0.39 is 12.7 Å². The van der Waals surface area contributed by atoms with Crippen molar-refractivity contribution in [3.8, 4) is 0 Å². The number of carbonyl (C=O) groups is 2. The molecule has 4 N–H and O–H groups in total. The first-order valence-corrected chi connectivity index (χ1v) is 16.9. The maximum absolute atomic E-state index is 12.4. The first-order chi connectivity index (χ1) is 13.2. The molecule has 164 valence electrons. The van der Waals surface area contributed by atoms with Gasteiger partial charge >= 0.3 is 12.1 Å². The van der Waals surface area contributed by atoms with Crippen molar-refractivity contribution in [3.05, 3.63) is 0 Å². The molecule has 2 atom stereocenters. The quantitative estimate of drug-likeness (QED) is 0.267. The van der Waals surface area contributed by atoms with Crippen molar-refractivity contribution < 1.29 is 18.7 Å². The van der Waals surface area contributed by atoms with Crippen molar-refractivity contribution in [3.63, 3.8) is 0 Å². The van der Waals surface area contributed by atoms with Gasteiger partial charge in [0, 0.05) is 47.8 Å². The fourth-order valence-electron chi connectivity index (χ4n) is 2.83. The van der Waals surface area contributed by atoms with Crippen LogP contribution in [0.5, 0.6) is 0 Å². The summed E-state index contributed by atoms with van der Waals surface area (Å²) in [6.07, 6.45) is 0.725. The van der Waals surface area contributed by atoms with Crippen molar-refractivity contribution in [2.24, 2.45) is 0 Å². The van der Waals surface area contributed by atoms with E-state index in [4.69, 9.17) is 0 Å². The predicted molar refractivity (Wildman–Crippen MR) is 122 cm³/mol. The van der Waals surface area contributed by atoms with E-state index in [2.05, 4.69) is 20.1 Å². The van der Waals surface area contributed by atoms with Crippen molar-refractivity contribution in [2.45, 2.75) is 65.5 Å².